The van der Waals surface area contributed by atoms with E-state index in [2.05, 4.69) is 5.32 Å². The molecule has 3 heteroatoms. The smallest absolute Gasteiger partial charge is 0.287 e. The van der Waals surface area contributed by atoms with E-state index in [1.54, 1.807) is 6.26 Å². The highest BCUT2D eigenvalue weighted by Gasteiger charge is 2.17. The minimum Gasteiger partial charge on any atom is -0.459 e. The Hall–Kier alpha value is -1.25. The van der Waals surface area contributed by atoms with E-state index in [0.717, 1.165) is 24.9 Å². The molecule has 0 spiro atoms. The summed E-state index contributed by atoms with van der Waals surface area (Å²) < 4.78 is 5.04. The lowest BCUT2D eigenvalue weighted by atomic mass is 10.1. The Morgan fingerprint density at radius 2 is 2.45 bits per heavy atom. The first-order valence-corrected chi connectivity index (χ1v) is 3.72. The molecule has 0 aromatic carbocycles. The highest BCUT2D eigenvalue weighted by atomic mass is 16.3. The van der Waals surface area contributed by atoms with Crippen LogP contribution in [0.25, 0.3) is 0 Å². The Morgan fingerprint density at radius 1 is 1.55 bits per heavy atom. The first-order chi connectivity index (χ1) is 5.38. The Bertz CT molecular complexity index is 277. The number of furan rings is 1. The van der Waals surface area contributed by atoms with E-state index in [0.29, 0.717) is 5.76 Å². The van der Waals surface area contributed by atoms with Crippen molar-refractivity contribution in [3.63, 3.8) is 0 Å². The van der Waals surface area contributed by atoms with Crippen molar-refractivity contribution in [3.8, 4) is 0 Å². The van der Waals surface area contributed by atoms with E-state index in [1.165, 1.54) is 0 Å². The van der Waals surface area contributed by atoms with E-state index in [1.807, 2.05) is 6.07 Å². The van der Waals surface area contributed by atoms with Gasteiger partial charge in [0.25, 0.3) is 5.91 Å². The van der Waals surface area contributed by atoms with E-state index in [9.17, 15) is 4.79 Å². The van der Waals surface area contributed by atoms with Crippen LogP contribution < -0.4 is 5.32 Å². The lowest BCUT2D eigenvalue weighted by molar-refractivity contribution is 0.0928. The summed E-state index contributed by atoms with van der Waals surface area (Å²) in [6.07, 6.45) is 3.50. The largest absolute Gasteiger partial charge is 0.459 e. The molecule has 0 bridgehead atoms. The van der Waals surface area contributed by atoms with Gasteiger partial charge < -0.3 is 9.73 Å². The van der Waals surface area contributed by atoms with Crippen LogP contribution in [0.3, 0.4) is 0 Å². The molecule has 0 saturated heterocycles. The maximum atomic E-state index is 11.2. The fourth-order valence-electron chi connectivity index (χ4n) is 1.29. The van der Waals surface area contributed by atoms with Gasteiger partial charge in [-0.1, -0.05) is 0 Å². The van der Waals surface area contributed by atoms with E-state index in [-0.39, 0.29) is 5.91 Å². The molecule has 1 aliphatic rings. The summed E-state index contributed by atoms with van der Waals surface area (Å²) >= 11 is 0. The van der Waals surface area contributed by atoms with E-state index < -0.39 is 0 Å². The van der Waals surface area contributed by atoms with Crippen LogP contribution in [-0.4, -0.2) is 12.5 Å². The van der Waals surface area contributed by atoms with Crippen molar-refractivity contribution in [2.75, 3.05) is 6.54 Å². The summed E-state index contributed by atoms with van der Waals surface area (Å²) in [4.78, 5) is 11.2. The lowest BCUT2D eigenvalue weighted by Crippen LogP contribution is -2.22. The van der Waals surface area contributed by atoms with Crippen molar-refractivity contribution in [3.05, 3.63) is 23.7 Å². The van der Waals surface area contributed by atoms with Gasteiger partial charge in [0.05, 0.1) is 6.26 Å². The van der Waals surface area contributed by atoms with E-state index in [4.69, 9.17) is 4.42 Å². The molecule has 0 atom stereocenters. The van der Waals surface area contributed by atoms with Crippen LogP contribution in [0, 0.1) is 0 Å². The third kappa shape index (κ3) is 1.02. The van der Waals surface area contributed by atoms with Gasteiger partial charge in [-0.15, -0.1) is 0 Å². The molecule has 3 nitrogen and oxygen atoms in total. The SMILES string of the molecule is O=C1NCCCc2ccoc21. The lowest BCUT2D eigenvalue weighted by Gasteiger charge is -1.94. The molecular weight excluding hydrogens is 142 g/mol. The van der Waals surface area contributed by atoms with Gasteiger partial charge in [0.1, 0.15) is 0 Å². The van der Waals surface area contributed by atoms with Crippen LogP contribution in [0.2, 0.25) is 0 Å². The summed E-state index contributed by atoms with van der Waals surface area (Å²) in [5.41, 5.74) is 1.03. The standard InChI is InChI=1S/C8H9NO2/c10-8-7-6(3-5-11-7)2-1-4-9-8/h3,5H,1-2,4H2,(H,9,10). The molecule has 1 amide bonds. The third-order valence-corrected chi connectivity index (χ3v) is 1.86. The van der Waals surface area contributed by atoms with E-state index >= 15 is 0 Å². The number of aryl methyl sites for hydroxylation is 1. The topological polar surface area (TPSA) is 42.2 Å². The summed E-state index contributed by atoms with van der Waals surface area (Å²) in [7, 11) is 0. The average molecular weight is 151 g/mol. The van der Waals surface area contributed by atoms with Crippen molar-refractivity contribution < 1.29 is 9.21 Å². The summed E-state index contributed by atoms with van der Waals surface area (Å²) in [6, 6.07) is 1.86. The number of hydrogen-bond donors (Lipinski definition) is 1. The van der Waals surface area contributed by atoms with Crippen molar-refractivity contribution >= 4 is 5.91 Å². The zero-order valence-corrected chi connectivity index (χ0v) is 6.09. The highest BCUT2D eigenvalue weighted by Crippen LogP contribution is 2.14. The van der Waals surface area contributed by atoms with Crippen LogP contribution in [0.5, 0.6) is 0 Å². The maximum Gasteiger partial charge on any atom is 0.287 e. The van der Waals surface area contributed by atoms with Gasteiger partial charge in [0.15, 0.2) is 5.76 Å². The minimum atomic E-state index is -0.0810. The summed E-state index contributed by atoms with van der Waals surface area (Å²) in [6.45, 7) is 0.753. The number of carbonyl (C=O) groups excluding carboxylic acids is 1. The van der Waals surface area contributed by atoms with Crippen LogP contribution in [0.4, 0.5) is 0 Å². The molecule has 1 aliphatic heterocycles. The monoisotopic (exact) mass is 151 g/mol. The van der Waals surface area contributed by atoms with Crippen LogP contribution in [0.1, 0.15) is 22.5 Å². The summed E-state index contributed by atoms with van der Waals surface area (Å²) in [5, 5.41) is 2.75. The Balaban J connectivity index is 2.41. The molecule has 2 rings (SSSR count). The molecule has 0 radical (unpaired) electrons. The molecule has 1 aromatic heterocycles. The van der Waals surface area contributed by atoms with Gasteiger partial charge in [0, 0.05) is 12.1 Å². The second-order valence-electron chi connectivity index (χ2n) is 2.63. The molecule has 0 unspecified atom stereocenters. The quantitative estimate of drug-likeness (QED) is 0.600. The van der Waals surface area contributed by atoms with Gasteiger partial charge >= 0.3 is 0 Å². The van der Waals surface area contributed by atoms with Crippen LogP contribution in [0.15, 0.2) is 16.7 Å². The van der Waals surface area contributed by atoms with Gasteiger partial charge in [-0.25, -0.2) is 0 Å². The zero-order valence-electron chi connectivity index (χ0n) is 6.09. The van der Waals surface area contributed by atoms with Gasteiger partial charge in [-0.3, -0.25) is 4.79 Å². The molecule has 1 aromatic rings. The fraction of sp³-hybridized carbons (Fsp3) is 0.375. The predicted molar refractivity (Wildman–Crippen MR) is 39.4 cm³/mol. The Labute approximate surface area is 64.4 Å². The number of carbonyl (C=O) groups is 1. The Morgan fingerprint density at radius 3 is 3.36 bits per heavy atom. The number of hydrogen-bond acceptors (Lipinski definition) is 2. The van der Waals surface area contributed by atoms with Crippen LogP contribution >= 0.6 is 0 Å². The number of fused-ring (bicyclic) bond motifs is 1. The fourth-order valence-corrected chi connectivity index (χ4v) is 1.29. The normalized spacial score (nSPS) is 16.9. The van der Waals surface area contributed by atoms with Crippen LogP contribution in [-0.2, 0) is 6.42 Å². The first kappa shape index (κ1) is 6.46. The van der Waals surface area contributed by atoms with Gasteiger partial charge in [-0.2, -0.15) is 0 Å². The molecule has 0 aliphatic carbocycles. The molecule has 1 N–H and O–H groups in total. The van der Waals surface area contributed by atoms with Crippen molar-refractivity contribution in [1.29, 1.82) is 0 Å². The van der Waals surface area contributed by atoms with Crippen molar-refractivity contribution in [2.45, 2.75) is 12.8 Å². The molecule has 11 heavy (non-hydrogen) atoms. The van der Waals surface area contributed by atoms with Crippen molar-refractivity contribution in [2.24, 2.45) is 0 Å². The van der Waals surface area contributed by atoms with Crippen molar-refractivity contribution in [1.82, 2.24) is 5.32 Å². The maximum absolute atomic E-state index is 11.2. The second kappa shape index (κ2) is 2.42. The number of rotatable bonds is 0. The zero-order chi connectivity index (χ0) is 7.68. The Kier molecular flexibility index (Phi) is 1.42. The number of nitrogens with one attached hydrogen (secondary N) is 1. The molecule has 0 fully saturated rings. The molecule has 2 heterocycles. The highest BCUT2D eigenvalue weighted by molar-refractivity contribution is 5.93. The average Bonchev–Trinajstić information content (AvgIpc) is 2.40. The third-order valence-electron chi connectivity index (χ3n) is 1.86. The second-order valence-corrected chi connectivity index (χ2v) is 2.63. The van der Waals surface area contributed by atoms with Gasteiger partial charge in [0.2, 0.25) is 0 Å². The molecular formula is C8H9NO2. The molecule has 58 valence electrons. The molecule has 0 saturated carbocycles. The van der Waals surface area contributed by atoms with Gasteiger partial charge in [-0.05, 0) is 18.9 Å². The number of amides is 1. The summed E-state index contributed by atoms with van der Waals surface area (Å²) in [5.74, 6) is 0.407. The predicted octanol–water partition coefficient (Wildman–Crippen LogP) is 0.956. The minimum absolute atomic E-state index is 0.0810. The first-order valence-electron chi connectivity index (χ1n) is 3.72.